The van der Waals surface area contributed by atoms with Crippen LogP contribution >= 0.6 is 89.6 Å². The molecule has 0 aliphatic heterocycles. The van der Waals surface area contributed by atoms with Crippen molar-refractivity contribution in [2.24, 2.45) is 22.9 Å². The number of allylic oxidation sites excluding steroid dienone is 4. The molecule has 0 aliphatic carbocycles. The lowest BCUT2D eigenvalue weighted by atomic mass is 10.2. The summed E-state index contributed by atoms with van der Waals surface area (Å²) in [4.78, 5) is 4.54. The first-order chi connectivity index (χ1) is 27.3. The zero-order chi connectivity index (χ0) is 41.3. The normalized spacial score (nSPS) is 13.1. The summed E-state index contributed by atoms with van der Waals surface area (Å²) in [6.45, 7) is 13.1. The summed E-state index contributed by atoms with van der Waals surface area (Å²) >= 11 is 0. The van der Waals surface area contributed by atoms with E-state index >= 15 is 0 Å². The fraction of sp³-hybridized carbons (Fsp3) is 0.905. The van der Waals surface area contributed by atoms with Crippen molar-refractivity contribution in [1.29, 1.82) is 0 Å². The fourth-order valence-corrected chi connectivity index (χ4v) is 9.41. The predicted octanol–water partition coefficient (Wildman–Crippen LogP) is 11.4. The molecule has 0 aromatic carbocycles. The van der Waals surface area contributed by atoms with Crippen molar-refractivity contribution in [2.75, 3.05) is 104 Å². The zero-order valence-corrected chi connectivity index (χ0v) is 45.5. The SMILES string of the molecule is CCCCC/C=C\CCCOP(=O)(CCN(CCCN)CCCN)OCCCCCCOP(=O)(CCN(CCCN)CCCN)OCCC/C=C\CCCCC.Cl.Cl.Cl.Cl.Cl.Cl. The van der Waals surface area contributed by atoms with Gasteiger partial charge in [0, 0.05) is 13.1 Å². The molecule has 0 spiro atoms. The maximum atomic E-state index is 13.9. The van der Waals surface area contributed by atoms with E-state index < -0.39 is 15.2 Å². The van der Waals surface area contributed by atoms with Crippen molar-refractivity contribution in [1.82, 2.24) is 9.80 Å². The van der Waals surface area contributed by atoms with Crippen LogP contribution in [0, 0.1) is 0 Å². The van der Waals surface area contributed by atoms with Crippen LogP contribution in [-0.2, 0) is 27.2 Å². The summed E-state index contributed by atoms with van der Waals surface area (Å²) in [5.74, 6) is 0. The first-order valence-electron chi connectivity index (χ1n) is 22.6. The zero-order valence-electron chi connectivity index (χ0n) is 38.8. The third-order valence-electron chi connectivity index (χ3n) is 9.60. The highest BCUT2D eigenvalue weighted by Crippen LogP contribution is 2.49. The molecule has 0 amide bonds. The van der Waals surface area contributed by atoms with Crippen LogP contribution in [0.5, 0.6) is 0 Å². The van der Waals surface area contributed by atoms with Crippen molar-refractivity contribution in [3.8, 4) is 0 Å². The molecule has 0 rings (SSSR count). The van der Waals surface area contributed by atoms with Gasteiger partial charge in [0.15, 0.2) is 0 Å². The largest absolute Gasteiger partial charge is 0.331 e. The van der Waals surface area contributed by atoms with E-state index in [-0.39, 0.29) is 74.4 Å². The summed E-state index contributed by atoms with van der Waals surface area (Å²) in [6, 6.07) is 0. The number of nitrogens with zero attached hydrogens (tertiary/aromatic N) is 2. The van der Waals surface area contributed by atoms with Gasteiger partial charge in [0.05, 0.1) is 38.8 Å². The quantitative estimate of drug-likeness (QED) is 0.0258. The van der Waals surface area contributed by atoms with Gasteiger partial charge in [0.1, 0.15) is 0 Å². The van der Waals surface area contributed by atoms with E-state index in [1.54, 1.807) is 0 Å². The summed E-state index contributed by atoms with van der Waals surface area (Å²) in [5, 5.41) is 0. The van der Waals surface area contributed by atoms with E-state index in [9.17, 15) is 9.13 Å². The van der Waals surface area contributed by atoms with Gasteiger partial charge in [0.2, 0.25) is 0 Å². The minimum atomic E-state index is -3.28. The van der Waals surface area contributed by atoms with E-state index in [0.717, 1.165) is 116 Å². The van der Waals surface area contributed by atoms with Crippen molar-refractivity contribution in [3.05, 3.63) is 24.3 Å². The third kappa shape index (κ3) is 50.7. The van der Waals surface area contributed by atoms with Gasteiger partial charge in [0.25, 0.3) is 0 Å². The Balaban J connectivity index is -0.00000101. The summed E-state index contributed by atoms with van der Waals surface area (Å²) < 4.78 is 52.0. The number of nitrogens with two attached hydrogens (primary N) is 4. The molecule has 0 fully saturated rings. The minimum Gasteiger partial charge on any atom is -0.330 e. The topological polar surface area (TPSA) is 182 Å². The average molecular weight is 1060 g/mol. The molecule has 0 saturated heterocycles. The van der Waals surface area contributed by atoms with Crippen molar-refractivity contribution in [2.45, 2.75) is 142 Å². The van der Waals surface area contributed by atoms with E-state index in [4.69, 9.17) is 41.0 Å². The molecule has 62 heavy (non-hydrogen) atoms. The smallest absolute Gasteiger partial charge is 0.330 e. The molecule has 0 aliphatic rings. The molecule has 2 unspecified atom stereocenters. The number of hydrogen-bond acceptors (Lipinski definition) is 12. The van der Waals surface area contributed by atoms with Gasteiger partial charge < -0.3 is 50.8 Å². The summed E-state index contributed by atoms with van der Waals surface area (Å²) in [6.07, 6.45) is 29.5. The lowest BCUT2D eigenvalue weighted by Gasteiger charge is -2.25. The summed E-state index contributed by atoms with van der Waals surface area (Å²) in [7, 11) is -6.55. The second kappa shape index (κ2) is 58.4. The Morgan fingerprint density at radius 2 is 0.645 bits per heavy atom. The van der Waals surface area contributed by atoms with Gasteiger partial charge in [-0.1, -0.05) is 76.7 Å². The number of unbranched alkanes of at least 4 members (excludes halogenated alkanes) is 11. The van der Waals surface area contributed by atoms with E-state index in [1.807, 2.05) is 0 Å². The first kappa shape index (κ1) is 77.5. The highest BCUT2D eigenvalue weighted by Gasteiger charge is 2.27. The Morgan fingerprint density at radius 3 is 0.919 bits per heavy atom. The number of halogens is 6. The Bertz CT molecular complexity index is 932. The van der Waals surface area contributed by atoms with Gasteiger partial charge in [-0.2, -0.15) is 0 Å². The van der Waals surface area contributed by atoms with Crippen LogP contribution in [0.3, 0.4) is 0 Å². The Hall–Kier alpha value is 1.28. The maximum absolute atomic E-state index is 13.9. The van der Waals surface area contributed by atoms with Crippen molar-refractivity contribution < 1.29 is 27.2 Å². The molecular weight excluding hydrogens is 959 g/mol. The molecule has 20 heteroatoms. The molecule has 0 radical (unpaired) electrons. The molecule has 8 N–H and O–H groups in total. The third-order valence-corrected chi connectivity index (χ3v) is 13.4. The van der Waals surface area contributed by atoms with Gasteiger partial charge in [-0.15, -0.1) is 74.4 Å². The van der Waals surface area contributed by atoms with Gasteiger partial charge in [-0.25, -0.2) is 0 Å². The van der Waals surface area contributed by atoms with Crippen LogP contribution in [0.15, 0.2) is 24.3 Å². The number of hydrogen-bond donors (Lipinski definition) is 4. The van der Waals surface area contributed by atoms with Crippen LogP contribution in [0.4, 0.5) is 0 Å². The number of rotatable bonds is 45. The Morgan fingerprint density at radius 1 is 0.371 bits per heavy atom. The molecule has 2 atom stereocenters. The van der Waals surface area contributed by atoms with E-state index in [1.165, 1.54) is 38.5 Å². The van der Waals surface area contributed by atoms with Crippen molar-refractivity contribution >= 4 is 89.6 Å². The molecule has 0 saturated carbocycles. The van der Waals surface area contributed by atoms with Crippen LogP contribution < -0.4 is 22.9 Å². The monoisotopic (exact) mass is 1050 g/mol. The minimum absolute atomic E-state index is 0. The highest BCUT2D eigenvalue weighted by molar-refractivity contribution is 7.54. The van der Waals surface area contributed by atoms with Crippen LogP contribution in [0.2, 0.25) is 0 Å². The van der Waals surface area contributed by atoms with E-state index in [0.29, 0.717) is 78.0 Å². The van der Waals surface area contributed by atoms with Crippen molar-refractivity contribution in [3.63, 3.8) is 0 Å². The molecule has 0 heterocycles. The van der Waals surface area contributed by atoms with Crippen LogP contribution in [0.25, 0.3) is 0 Å². The molecule has 0 aromatic heterocycles. The average Bonchev–Trinajstić information content (AvgIpc) is 3.20. The van der Waals surface area contributed by atoms with Gasteiger partial charge >= 0.3 is 15.2 Å². The van der Waals surface area contributed by atoms with Crippen LogP contribution in [-0.4, -0.2) is 114 Å². The molecule has 382 valence electrons. The second-order valence-electron chi connectivity index (χ2n) is 14.9. The van der Waals surface area contributed by atoms with Crippen LogP contribution in [0.1, 0.15) is 142 Å². The maximum Gasteiger partial charge on any atom is 0.331 e. The first-order valence-corrected chi connectivity index (χ1v) is 26.1. The molecule has 12 nitrogen and oxygen atoms in total. The Kier molecular flexibility index (Phi) is 73.0. The highest BCUT2D eigenvalue weighted by atomic mass is 35.5. The second-order valence-corrected chi connectivity index (χ2v) is 19.3. The lowest BCUT2D eigenvalue weighted by Crippen LogP contribution is -2.31. The standard InChI is InChI=1S/C42H90N6O6P2.6ClH/c1-3-5-7-9-11-13-15-19-37-51-55(49,41-35-47(31-23-27-43)32-24-28-44)53-39-21-17-18-22-40-54-56(50,42-36-48(33-25-29-45)34-26-30-46)52-38-20-16-14-12-10-8-6-4-2;;;;;;/h11-14H,3-10,15-46H2,1-2H3;6*1H/b13-11-,14-12-;;;;;;. The Labute approximate surface area is 418 Å². The molecule has 0 bridgehead atoms. The predicted molar refractivity (Wildman–Crippen MR) is 283 cm³/mol. The lowest BCUT2D eigenvalue weighted by molar-refractivity contribution is 0.187. The summed E-state index contributed by atoms with van der Waals surface area (Å²) in [5.41, 5.74) is 23.1. The van der Waals surface area contributed by atoms with Gasteiger partial charge in [-0.3, -0.25) is 9.13 Å². The molecule has 0 aromatic rings. The van der Waals surface area contributed by atoms with Gasteiger partial charge in [-0.05, 0) is 142 Å². The fourth-order valence-electron chi connectivity index (χ4n) is 6.06. The molecular formula is C42H96Cl6N6O6P2. The van der Waals surface area contributed by atoms with E-state index in [2.05, 4.69) is 48.0 Å².